The first-order chi connectivity index (χ1) is 48.7. The van der Waals surface area contributed by atoms with Crippen LogP contribution < -0.4 is 0 Å². The van der Waals surface area contributed by atoms with Crippen molar-refractivity contribution >= 4 is 39.5 Å². The lowest BCUT2D eigenvalue weighted by atomic mass is 9.99. The molecule has 0 amide bonds. The van der Waals surface area contributed by atoms with Gasteiger partial charge in [-0.05, 0) is 49.4 Å². The zero-order valence-electron chi connectivity index (χ0n) is 66.5. The minimum absolute atomic E-state index is 0.105. The van der Waals surface area contributed by atoms with Crippen molar-refractivity contribution in [3.63, 3.8) is 0 Å². The van der Waals surface area contributed by atoms with Gasteiger partial charge in [0.1, 0.15) is 19.3 Å². The van der Waals surface area contributed by atoms with Gasteiger partial charge in [-0.1, -0.05) is 370 Å². The maximum absolute atomic E-state index is 13.1. The summed E-state index contributed by atoms with van der Waals surface area (Å²) in [5.41, 5.74) is 0. The molecule has 0 aliphatic carbocycles. The van der Waals surface area contributed by atoms with Crippen LogP contribution in [0, 0.1) is 23.7 Å². The van der Waals surface area contributed by atoms with E-state index in [9.17, 15) is 43.2 Å². The van der Waals surface area contributed by atoms with E-state index in [4.69, 9.17) is 37.0 Å². The first kappa shape index (κ1) is 99.1. The van der Waals surface area contributed by atoms with Crippen LogP contribution in [0.3, 0.4) is 0 Å². The summed E-state index contributed by atoms with van der Waals surface area (Å²) < 4.78 is 68.7. The average molecular weight is 1480 g/mol. The highest BCUT2D eigenvalue weighted by Crippen LogP contribution is 2.45. The van der Waals surface area contributed by atoms with E-state index in [1.807, 2.05) is 0 Å². The molecule has 0 saturated carbocycles. The lowest BCUT2D eigenvalue weighted by Gasteiger charge is -2.21. The number of phosphoric ester groups is 2. The number of unbranched alkanes of at least 4 members (excludes halogenated alkanes) is 43. The van der Waals surface area contributed by atoms with Gasteiger partial charge in [0, 0.05) is 25.7 Å². The Kier molecular flexibility index (Phi) is 69.6. The molecule has 0 aromatic carbocycles. The molecule has 7 atom stereocenters. The van der Waals surface area contributed by atoms with Crippen LogP contribution >= 0.6 is 15.6 Å². The van der Waals surface area contributed by atoms with Crippen molar-refractivity contribution in [2.24, 2.45) is 23.7 Å². The molecule has 19 heteroatoms. The quantitative estimate of drug-likeness (QED) is 0.0222. The molecule has 4 unspecified atom stereocenters. The zero-order valence-corrected chi connectivity index (χ0v) is 68.3. The van der Waals surface area contributed by atoms with Crippen molar-refractivity contribution in [3.05, 3.63) is 0 Å². The van der Waals surface area contributed by atoms with Crippen molar-refractivity contribution in [2.75, 3.05) is 39.6 Å². The minimum Gasteiger partial charge on any atom is -0.462 e. The number of ether oxygens (including phenoxy) is 4. The van der Waals surface area contributed by atoms with E-state index in [0.29, 0.717) is 25.7 Å². The molecule has 3 N–H and O–H groups in total. The topological polar surface area (TPSA) is 237 Å². The fraction of sp³-hybridized carbons (Fsp3) is 0.951. The van der Waals surface area contributed by atoms with Gasteiger partial charge in [-0.15, -0.1) is 0 Å². The summed E-state index contributed by atoms with van der Waals surface area (Å²) in [4.78, 5) is 73.0. The number of hydrogen-bond acceptors (Lipinski definition) is 15. The number of rotatable bonds is 79. The standard InChI is InChI=1S/C82H160O17P2/c1-9-74(7)60-52-44-36-30-24-20-15-13-11-12-14-16-22-26-32-38-48-56-64-81(86)99-78(69-93-80(85)63-55-47-41-40-45-53-61-75(8)10-2)71-97-101(90,91)95-67-76(83)66-94-100(88,89)96-70-77(98-82(87)65-57-49-39-33-27-29-35-43-51-59-73(5)6)68-92-79(84)62-54-46-37-31-25-21-18-17-19-23-28-34-42-50-58-72(3)4/h72-78,83H,9-71H2,1-8H3,(H,88,89)(H,90,91)/t74?,75?,76-,77-,78-/m1/s1. The van der Waals surface area contributed by atoms with Crippen LogP contribution in [-0.4, -0.2) is 96.7 Å². The number of carbonyl (C=O) groups is 4. The Labute approximate surface area is 619 Å². The van der Waals surface area contributed by atoms with Crippen LogP contribution in [0.2, 0.25) is 0 Å². The molecular weight excluding hydrogens is 1320 g/mol. The molecule has 0 aromatic heterocycles. The number of aliphatic hydroxyl groups is 1. The van der Waals surface area contributed by atoms with Gasteiger partial charge < -0.3 is 33.8 Å². The Morgan fingerprint density at radius 3 is 0.703 bits per heavy atom. The van der Waals surface area contributed by atoms with Crippen LogP contribution in [0.5, 0.6) is 0 Å². The van der Waals surface area contributed by atoms with Gasteiger partial charge >= 0.3 is 39.5 Å². The molecular formula is C82H160O17P2. The maximum atomic E-state index is 13.1. The molecule has 0 saturated heterocycles. The van der Waals surface area contributed by atoms with Gasteiger partial charge in [0.05, 0.1) is 26.4 Å². The molecule has 0 radical (unpaired) electrons. The lowest BCUT2D eigenvalue weighted by molar-refractivity contribution is -0.161. The fourth-order valence-electron chi connectivity index (χ4n) is 12.5. The molecule has 0 aliphatic heterocycles. The number of carbonyl (C=O) groups excluding carboxylic acids is 4. The normalized spacial score (nSPS) is 14.5. The summed E-state index contributed by atoms with van der Waals surface area (Å²) in [5, 5.41) is 10.6. The summed E-state index contributed by atoms with van der Waals surface area (Å²) in [6.07, 6.45) is 58.4. The van der Waals surface area contributed by atoms with Gasteiger partial charge in [-0.3, -0.25) is 37.3 Å². The van der Waals surface area contributed by atoms with Crippen LogP contribution in [0.25, 0.3) is 0 Å². The maximum Gasteiger partial charge on any atom is 0.472 e. The Balaban J connectivity index is 5.18. The Morgan fingerprint density at radius 1 is 0.277 bits per heavy atom. The van der Waals surface area contributed by atoms with Crippen molar-refractivity contribution in [1.29, 1.82) is 0 Å². The molecule has 17 nitrogen and oxygen atoms in total. The molecule has 0 aliphatic rings. The monoisotopic (exact) mass is 1480 g/mol. The van der Waals surface area contributed by atoms with Crippen molar-refractivity contribution in [1.82, 2.24) is 0 Å². The van der Waals surface area contributed by atoms with E-state index in [1.165, 1.54) is 218 Å². The third kappa shape index (κ3) is 73.4. The lowest BCUT2D eigenvalue weighted by Crippen LogP contribution is -2.30. The van der Waals surface area contributed by atoms with Crippen molar-refractivity contribution in [2.45, 2.75) is 440 Å². The number of aliphatic hydroxyl groups excluding tert-OH is 1. The zero-order chi connectivity index (χ0) is 74.6. The Hall–Kier alpha value is -1.94. The molecule has 0 fully saturated rings. The van der Waals surface area contributed by atoms with Crippen molar-refractivity contribution < 1.29 is 80.2 Å². The second-order valence-electron chi connectivity index (χ2n) is 31.0. The largest absolute Gasteiger partial charge is 0.472 e. The first-order valence-corrected chi connectivity index (χ1v) is 45.3. The third-order valence-electron chi connectivity index (χ3n) is 19.8. The highest BCUT2D eigenvalue weighted by molar-refractivity contribution is 7.47. The van der Waals surface area contributed by atoms with Gasteiger partial charge in [0.25, 0.3) is 0 Å². The average Bonchev–Trinajstić information content (AvgIpc) is 0.975. The van der Waals surface area contributed by atoms with Gasteiger partial charge in [-0.25, -0.2) is 9.13 Å². The first-order valence-electron chi connectivity index (χ1n) is 42.3. The van der Waals surface area contributed by atoms with Crippen LogP contribution in [0.15, 0.2) is 0 Å². The predicted octanol–water partition coefficient (Wildman–Crippen LogP) is 24.4. The summed E-state index contributed by atoms with van der Waals surface area (Å²) in [5.74, 6) is 1.02. The van der Waals surface area contributed by atoms with Crippen LogP contribution in [0.1, 0.15) is 421 Å². The van der Waals surface area contributed by atoms with E-state index >= 15 is 0 Å². The van der Waals surface area contributed by atoms with Crippen LogP contribution in [0.4, 0.5) is 0 Å². The minimum atomic E-state index is -4.96. The predicted molar refractivity (Wildman–Crippen MR) is 414 cm³/mol. The Bertz CT molecular complexity index is 1980. The second kappa shape index (κ2) is 71.0. The summed E-state index contributed by atoms with van der Waals surface area (Å²) >= 11 is 0. The Morgan fingerprint density at radius 2 is 0.475 bits per heavy atom. The number of phosphoric acid groups is 2. The number of esters is 4. The van der Waals surface area contributed by atoms with Crippen LogP contribution in [-0.2, 0) is 65.4 Å². The summed E-state index contributed by atoms with van der Waals surface area (Å²) in [6.45, 7) is 14.3. The van der Waals surface area contributed by atoms with Crippen molar-refractivity contribution in [3.8, 4) is 0 Å². The molecule has 0 spiro atoms. The van der Waals surface area contributed by atoms with E-state index in [0.717, 1.165) is 120 Å². The van der Waals surface area contributed by atoms with E-state index in [-0.39, 0.29) is 25.7 Å². The summed E-state index contributed by atoms with van der Waals surface area (Å²) in [6, 6.07) is 0. The third-order valence-corrected chi connectivity index (χ3v) is 21.7. The second-order valence-corrected chi connectivity index (χ2v) is 33.9. The molecule has 0 bridgehead atoms. The summed E-state index contributed by atoms with van der Waals surface area (Å²) in [7, 11) is -9.92. The fourth-order valence-corrected chi connectivity index (χ4v) is 14.1. The van der Waals surface area contributed by atoms with Gasteiger partial charge in [-0.2, -0.15) is 0 Å². The smallest absolute Gasteiger partial charge is 0.462 e. The molecule has 600 valence electrons. The van der Waals surface area contributed by atoms with E-state index in [1.54, 1.807) is 0 Å². The van der Waals surface area contributed by atoms with Gasteiger partial charge in [0.2, 0.25) is 0 Å². The SMILES string of the molecule is CCC(C)CCCCCCCCCCCCCCCCCCCCC(=O)O[C@H](COC(=O)CCCCCCCCC(C)CC)COP(=O)(O)OC[C@H](O)COP(=O)(O)OC[C@@H](COC(=O)CCCCCCCCCCCCCCCCC(C)C)OC(=O)CCCCCCCCCCCC(C)C. The molecule has 101 heavy (non-hydrogen) atoms. The molecule has 0 aromatic rings. The van der Waals surface area contributed by atoms with E-state index < -0.39 is 97.5 Å². The number of hydrogen-bond donors (Lipinski definition) is 3. The molecule has 0 rings (SSSR count). The highest BCUT2D eigenvalue weighted by Gasteiger charge is 2.30. The molecule has 0 heterocycles. The highest BCUT2D eigenvalue weighted by atomic mass is 31.2. The van der Waals surface area contributed by atoms with Gasteiger partial charge in [0.15, 0.2) is 12.2 Å². The van der Waals surface area contributed by atoms with E-state index in [2.05, 4.69) is 55.4 Å².